The van der Waals surface area contributed by atoms with Crippen LogP contribution in [0.15, 0.2) is 12.4 Å². The summed E-state index contributed by atoms with van der Waals surface area (Å²) in [5.74, 6) is -0.674. The van der Waals surface area contributed by atoms with Gasteiger partial charge in [-0.05, 0) is 32.8 Å². The molecule has 0 saturated carbocycles. The molecule has 0 aromatic carbocycles. The molecule has 0 fully saturated rings. The fraction of sp³-hybridized carbons (Fsp3) is 0.438. The molecule has 0 aliphatic heterocycles. The van der Waals surface area contributed by atoms with Crippen LogP contribution in [0.4, 0.5) is 5.00 Å². The predicted molar refractivity (Wildman–Crippen MR) is 90.2 cm³/mol. The van der Waals surface area contributed by atoms with Crippen LogP contribution in [0.25, 0.3) is 0 Å². The highest BCUT2D eigenvalue weighted by Gasteiger charge is 2.24. The average Bonchev–Trinajstić information content (AvgIpc) is 3.11. The molecule has 2 aromatic rings. The Labute approximate surface area is 139 Å². The van der Waals surface area contributed by atoms with Gasteiger partial charge in [0.15, 0.2) is 0 Å². The van der Waals surface area contributed by atoms with Crippen LogP contribution >= 0.6 is 11.3 Å². The van der Waals surface area contributed by atoms with Crippen LogP contribution in [0.2, 0.25) is 0 Å². The van der Waals surface area contributed by atoms with E-state index in [4.69, 9.17) is 4.74 Å². The summed E-state index contributed by atoms with van der Waals surface area (Å²) in [6, 6.07) is 0. The molecule has 0 radical (unpaired) electrons. The summed E-state index contributed by atoms with van der Waals surface area (Å²) in [6.07, 6.45) is 3.91. The van der Waals surface area contributed by atoms with Crippen molar-refractivity contribution in [1.82, 2.24) is 9.78 Å². The van der Waals surface area contributed by atoms with Crippen LogP contribution in [0.3, 0.4) is 0 Å². The Hall–Kier alpha value is -2.15. The molecule has 0 unspecified atom stereocenters. The number of nitrogens with one attached hydrogen (secondary N) is 1. The van der Waals surface area contributed by atoms with Gasteiger partial charge in [-0.15, -0.1) is 11.3 Å². The summed E-state index contributed by atoms with van der Waals surface area (Å²) >= 11 is 1.40. The Morgan fingerprint density at radius 1 is 1.35 bits per heavy atom. The van der Waals surface area contributed by atoms with E-state index < -0.39 is 5.97 Å². The lowest BCUT2D eigenvalue weighted by molar-refractivity contribution is 0.0527. The number of esters is 1. The molecular weight excluding hydrogens is 314 g/mol. The molecule has 2 rings (SSSR count). The van der Waals surface area contributed by atoms with Crippen molar-refractivity contribution < 1.29 is 14.3 Å². The molecule has 2 aromatic heterocycles. The van der Waals surface area contributed by atoms with Gasteiger partial charge in [0, 0.05) is 17.6 Å². The molecule has 0 spiro atoms. The second kappa shape index (κ2) is 7.41. The number of anilines is 1. The van der Waals surface area contributed by atoms with E-state index in [-0.39, 0.29) is 5.91 Å². The quantitative estimate of drug-likeness (QED) is 0.822. The second-order valence-corrected chi connectivity index (χ2v) is 6.18. The van der Waals surface area contributed by atoms with Gasteiger partial charge in [0.25, 0.3) is 5.91 Å². The van der Waals surface area contributed by atoms with Crippen molar-refractivity contribution in [3.8, 4) is 0 Å². The maximum absolute atomic E-state index is 12.4. The third kappa shape index (κ3) is 3.61. The number of aromatic nitrogens is 2. The van der Waals surface area contributed by atoms with Crippen molar-refractivity contribution in [2.75, 3.05) is 11.9 Å². The minimum Gasteiger partial charge on any atom is -0.462 e. The highest BCUT2D eigenvalue weighted by atomic mass is 32.1. The first-order valence-electron chi connectivity index (χ1n) is 7.64. The number of ether oxygens (including phenoxy) is 1. The molecule has 1 N–H and O–H groups in total. The highest BCUT2D eigenvalue weighted by molar-refractivity contribution is 7.16. The van der Waals surface area contributed by atoms with Crippen LogP contribution in [0.5, 0.6) is 0 Å². The fourth-order valence-corrected chi connectivity index (χ4v) is 3.47. The van der Waals surface area contributed by atoms with E-state index in [0.29, 0.717) is 35.7 Å². The second-order valence-electron chi connectivity index (χ2n) is 4.95. The Kier molecular flexibility index (Phi) is 5.54. The van der Waals surface area contributed by atoms with Crippen LogP contribution in [-0.4, -0.2) is 28.3 Å². The van der Waals surface area contributed by atoms with E-state index in [1.807, 2.05) is 20.8 Å². The first-order chi connectivity index (χ1) is 11.0. The molecule has 0 aliphatic rings. The van der Waals surface area contributed by atoms with E-state index in [0.717, 1.165) is 10.4 Å². The number of carbonyl (C=O) groups is 2. The summed E-state index contributed by atoms with van der Waals surface area (Å²) in [6.45, 7) is 8.63. The summed E-state index contributed by atoms with van der Waals surface area (Å²) in [7, 11) is 0. The SMILES string of the molecule is CCOC(=O)c1c(NC(=O)c2cnn(CC)c2)sc(C)c1CC. The smallest absolute Gasteiger partial charge is 0.341 e. The zero-order valence-electron chi connectivity index (χ0n) is 13.8. The van der Waals surface area contributed by atoms with Crippen LogP contribution in [0, 0.1) is 6.92 Å². The standard InChI is InChI=1S/C16H21N3O3S/c1-5-12-10(4)23-15(13(12)16(21)22-7-3)18-14(20)11-8-17-19(6-2)9-11/h8-9H,5-7H2,1-4H3,(H,18,20). The molecule has 0 aliphatic carbocycles. The molecule has 23 heavy (non-hydrogen) atoms. The normalized spacial score (nSPS) is 10.6. The van der Waals surface area contributed by atoms with Gasteiger partial charge in [0.2, 0.25) is 0 Å². The van der Waals surface area contributed by atoms with Crippen LogP contribution < -0.4 is 5.32 Å². The topological polar surface area (TPSA) is 73.2 Å². The van der Waals surface area contributed by atoms with Crippen LogP contribution in [-0.2, 0) is 17.7 Å². The minimum absolute atomic E-state index is 0.279. The van der Waals surface area contributed by atoms with E-state index in [1.165, 1.54) is 17.5 Å². The molecule has 0 bridgehead atoms. The number of hydrogen-bond donors (Lipinski definition) is 1. The molecule has 0 saturated heterocycles. The van der Waals surface area contributed by atoms with Crippen molar-refractivity contribution in [1.29, 1.82) is 0 Å². The first kappa shape index (κ1) is 17.2. The van der Waals surface area contributed by atoms with Crippen molar-refractivity contribution in [3.05, 3.63) is 34.0 Å². The monoisotopic (exact) mass is 335 g/mol. The van der Waals surface area contributed by atoms with Crippen molar-refractivity contribution in [2.24, 2.45) is 0 Å². The largest absolute Gasteiger partial charge is 0.462 e. The molecule has 7 heteroatoms. The number of amides is 1. The lowest BCUT2D eigenvalue weighted by Crippen LogP contribution is -2.15. The molecule has 124 valence electrons. The minimum atomic E-state index is -0.395. The number of aryl methyl sites for hydroxylation is 2. The predicted octanol–water partition coefficient (Wildman–Crippen LogP) is 3.26. The Morgan fingerprint density at radius 3 is 2.65 bits per heavy atom. The molecule has 2 heterocycles. The lowest BCUT2D eigenvalue weighted by Gasteiger charge is -2.07. The van der Waals surface area contributed by atoms with Crippen molar-refractivity contribution in [3.63, 3.8) is 0 Å². The summed E-state index contributed by atoms with van der Waals surface area (Å²) in [4.78, 5) is 25.6. The Morgan fingerprint density at radius 2 is 2.09 bits per heavy atom. The molecular formula is C16H21N3O3S. The van der Waals surface area contributed by atoms with Crippen molar-refractivity contribution >= 4 is 28.2 Å². The number of hydrogen-bond acceptors (Lipinski definition) is 5. The van der Waals surface area contributed by atoms with Gasteiger partial charge in [0.05, 0.1) is 23.9 Å². The fourth-order valence-electron chi connectivity index (χ4n) is 2.34. The van der Waals surface area contributed by atoms with Crippen molar-refractivity contribution in [2.45, 2.75) is 40.7 Å². The highest BCUT2D eigenvalue weighted by Crippen LogP contribution is 2.34. The van der Waals surface area contributed by atoms with Crippen LogP contribution in [0.1, 0.15) is 51.9 Å². The summed E-state index contributed by atoms with van der Waals surface area (Å²) < 4.78 is 6.81. The average molecular weight is 335 g/mol. The van der Waals surface area contributed by atoms with Gasteiger partial charge in [-0.2, -0.15) is 5.10 Å². The van der Waals surface area contributed by atoms with E-state index in [9.17, 15) is 9.59 Å². The number of rotatable bonds is 6. The maximum atomic E-state index is 12.4. The third-order valence-corrected chi connectivity index (χ3v) is 4.55. The van der Waals surface area contributed by atoms with Gasteiger partial charge < -0.3 is 10.1 Å². The van der Waals surface area contributed by atoms with E-state index in [1.54, 1.807) is 17.8 Å². The molecule has 6 nitrogen and oxygen atoms in total. The van der Waals surface area contributed by atoms with E-state index in [2.05, 4.69) is 10.4 Å². The Bertz CT molecular complexity index is 718. The molecule has 1 amide bonds. The zero-order chi connectivity index (χ0) is 17.0. The third-order valence-electron chi connectivity index (χ3n) is 3.49. The van der Waals surface area contributed by atoms with E-state index >= 15 is 0 Å². The summed E-state index contributed by atoms with van der Waals surface area (Å²) in [5.41, 5.74) is 1.85. The van der Waals surface area contributed by atoms with Gasteiger partial charge >= 0.3 is 5.97 Å². The Balaban J connectivity index is 2.31. The van der Waals surface area contributed by atoms with Gasteiger partial charge in [-0.1, -0.05) is 6.92 Å². The first-order valence-corrected chi connectivity index (χ1v) is 8.46. The summed E-state index contributed by atoms with van der Waals surface area (Å²) in [5, 5.41) is 7.45. The zero-order valence-corrected chi connectivity index (χ0v) is 14.6. The number of nitrogens with zero attached hydrogens (tertiary/aromatic N) is 2. The van der Waals surface area contributed by atoms with Gasteiger partial charge in [0.1, 0.15) is 5.00 Å². The van der Waals surface area contributed by atoms with Gasteiger partial charge in [-0.25, -0.2) is 4.79 Å². The molecule has 0 atom stereocenters. The maximum Gasteiger partial charge on any atom is 0.341 e. The van der Waals surface area contributed by atoms with Gasteiger partial charge in [-0.3, -0.25) is 9.48 Å². The number of carbonyl (C=O) groups excluding carboxylic acids is 2. The lowest BCUT2D eigenvalue weighted by atomic mass is 10.1. The number of thiophene rings is 1.